The van der Waals surface area contributed by atoms with Crippen molar-refractivity contribution in [2.24, 2.45) is 0 Å². The van der Waals surface area contributed by atoms with Crippen LogP contribution in [-0.4, -0.2) is 35.2 Å². The van der Waals surface area contributed by atoms with Crippen LogP contribution in [0.5, 0.6) is 11.5 Å². The number of aryl methyl sites for hydroxylation is 1. The number of unbranched alkanes of at least 4 members (excludes halogenated alkanes) is 1. The van der Waals surface area contributed by atoms with Gasteiger partial charge in [-0.2, -0.15) is 0 Å². The largest absolute Gasteiger partial charge is 0.494 e. The summed E-state index contributed by atoms with van der Waals surface area (Å²) in [5.74, 6) is 2.91. The second-order valence-corrected chi connectivity index (χ2v) is 8.81. The Morgan fingerprint density at radius 2 is 1.63 bits per heavy atom. The van der Waals surface area contributed by atoms with Gasteiger partial charge < -0.3 is 18.9 Å². The lowest BCUT2D eigenvalue weighted by atomic mass is 10.1. The first-order chi connectivity index (χ1) is 17.2. The minimum absolute atomic E-state index is 0.0574. The zero-order chi connectivity index (χ0) is 24.0. The molecule has 1 saturated heterocycles. The molecule has 0 N–H and O–H groups in total. The van der Waals surface area contributed by atoms with Gasteiger partial charge in [0, 0.05) is 31.1 Å². The van der Waals surface area contributed by atoms with Gasteiger partial charge in [-0.15, -0.1) is 0 Å². The Labute approximate surface area is 206 Å². The third kappa shape index (κ3) is 5.16. The number of ether oxygens (including phenoxy) is 2. The molecule has 5 rings (SSSR count). The maximum Gasteiger partial charge on any atom is 0.227 e. The number of rotatable bonds is 10. The van der Waals surface area contributed by atoms with E-state index in [9.17, 15) is 4.79 Å². The number of hydrogen-bond acceptors (Lipinski definition) is 4. The quantitative estimate of drug-likeness (QED) is 0.275. The van der Waals surface area contributed by atoms with Crippen molar-refractivity contribution in [1.82, 2.24) is 9.55 Å². The molecule has 1 atom stereocenters. The van der Waals surface area contributed by atoms with Gasteiger partial charge >= 0.3 is 0 Å². The van der Waals surface area contributed by atoms with Crippen LogP contribution in [0.3, 0.4) is 0 Å². The van der Waals surface area contributed by atoms with Crippen molar-refractivity contribution >= 4 is 22.6 Å². The van der Waals surface area contributed by atoms with Crippen LogP contribution in [0.2, 0.25) is 0 Å². The van der Waals surface area contributed by atoms with Gasteiger partial charge in [0.2, 0.25) is 5.91 Å². The summed E-state index contributed by atoms with van der Waals surface area (Å²) < 4.78 is 13.7. The summed E-state index contributed by atoms with van der Waals surface area (Å²) in [6.45, 7) is 4.75. The highest BCUT2D eigenvalue weighted by molar-refractivity contribution is 5.96. The summed E-state index contributed by atoms with van der Waals surface area (Å²) in [5.41, 5.74) is 3.01. The average Bonchev–Trinajstić information content (AvgIpc) is 3.46. The van der Waals surface area contributed by atoms with E-state index in [2.05, 4.69) is 22.8 Å². The molecule has 0 bridgehead atoms. The fourth-order valence-corrected chi connectivity index (χ4v) is 4.74. The van der Waals surface area contributed by atoms with Crippen LogP contribution < -0.4 is 14.4 Å². The number of aromatic nitrogens is 2. The second-order valence-electron chi connectivity index (χ2n) is 8.81. The summed E-state index contributed by atoms with van der Waals surface area (Å²) >= 11 is 0. The monoisotopic (exact) mass is 469 g/mol. The molecule has 6 heteroatoms. The number of carbonyl (C=O) groups excluding carboxylic acids is 1. The highest BCUT2D eigenvalue weighted by Crippen LogP contribution is 2.34. The van der Waals surface area contributed by atoms with Crippen LogP contribution in [0, 0.1) is 0 Å². The zero-order valence-electron chi connectivity index (χ0n) is 20.1. The predicted octanol–water partition coefficient (Wildman–Crippen LogP) is 5.81. The van der Waals surface area contributed by atoms with Crippen LogP contribution in [0.25, 0.3) is 11.0 Å². The normalized spacial score (nSPS) is 15.6. The van der Waals surface area contributed by atoms with Crippen molar-refractivity contribution in [2.75, 3.05) is 24.7 Å². The van der Waals surface area contributed by atoms with E-state index < -0.39 is 0 Å². The summed E-state index contributed by atoms with van der Waals surface area (Å²) in [6.07, 6.45) is 2.39. The Balaban J connectivity index is 1.29. The molecule has 0 aliphatic carbocycles. The minimum Gasteiger partial charge on any atom is -0.494 e. The molecule has 180 valence electrons. The van der Waals surface area contributed by atoms with E-state index in [1.807, 2.05) is 72.5 Å². The van der Waals surface area contributed by atoms with Crippen molar-refractivity contribution in [3.05, 3.63) is 84.7 Å². The number of nitrogens with zero attached hydrogens (tertiary/aromatic N) is 3. The van der Waals surface area contributed by atoms with E-state index in [1.165, 1.54) is 0 Å². The summed E-state index contributed by atoms with van der Waals surface area (Å²) in [6, 6.07) is 25.9. The number of benzene rings is 3. The third-order valence-electron chi connectivity index (χ3n) is 6.42. The molecule has 0 saturated carbocycles. The highest BCUT2D eigenvalue weighted by Gasteiger charge is 2.34. The number of anilines is 1. The Bertz CT molecular complexity index is 1270. The van der Waals surface area contributed by atoms with Crippen molar-refractivity contribution < 1.29 is 14.3 Å². The van der Waals surface area contributed by atoms with E-state index in [-0.39, 0.29) is 11.8 Å². The Morgan fingerprint density at radius 1 is 0.886 bits per heavy atom. The number of imidazole rings is 1. The first-order valence-electron chi connectivity index (χ1n) is 12.4. The average molecular weight is 470 g/mol. The van der Waals surface area contributed by atoms with Crippen molar-refractivity contribution in [2.45, 2.75) is 38.6 Å². The first-order valence-corrected chi connectivity index (χ1v) is 12.4. The van der Waals surface area contributed by atoms with Gasteiger partial charge in [-0.1, -0.05) is 30.3 Å². The molecule has 6 nitrogen and oxygen atoms in total. The van der Waals surface area contributed by atoms with Gasteiger partial charge in [0.25, 0.3) is 0 Å². The van der Waals surface area contributed by atoms with Gasteiger partial charge in [0.15, 0.2) is 0 Å². The van der Waals surface area contributed by atoms with Crippen LogP contribution in [0.4, 0.5) is 5.69 Å². The zero-order valence-corrected chi connectivity index (χ0v) is 20.1. The second kappa shape index (κ2) is 10.6. The molecule has 35 heavy (non-hydrogen) atoms. The smallest absolute Gasteiger partial charge is 0.227 e. The molecule has 0 spiro atoms. The molecule has 1 aliphatic rings. The van der Waals surface area contributed by atoms with Gasteiger partial charge in [-0.3, -0.25) is 4.79 Å². The number of amides is 1. The molecule has 0 unspecified atom stereocenters. The fourth-order valence-electron chi connectivity index (χ4n) is 4.74. The fraction of sp³-hybridized carbons (Fsp3) is 0.310. The maximum absolute atomic E-state index is 13.0. The van der Waals surface area contributed by atoms with Crippen LogP contribution in [0.1, 0.15) is 37.9 Å². The molecule has 1 aliphatic heterocycles. The summed E-state index contributed by atoms with van der Waals surface area (Å²) in [7, 11) is 0. The molecular weight excluding hydrogens is 438 g/mol. The SMILES string of the molecule is CCOc1ccc(N2C[C@H](c3nc4ccccc4n3CCCCOc3ccccc3)CC2=O)cc1. The Hall–Kier alpha value is -3.80. The number of hydrogen-bond donors (Lipinski definition) is 0. The highest BCUT2D eigenvalue weighted by atomic mass is 16.5. The lowest BCUT2D eigenvalue weighted by Crippen LogP contribution is -2.24. The van der Waals surface area contributed by atoms with E-state index in [4.69, 9.17) is 14.5 Å². The van der Waals surface area contributed by atoms with Crippen molar-refractivity contribution in [3.63, 3.8) is 0 Å². The van der Waals surface area contributed by atoms with E-state index in [0.717, 1.165) is 53.4 Å². The molecule has 3 aromatic carbocycles. The molecule has 1 amide bonds. The van der Waals surface area contributed by atoms with Crippen LogP contribution >= 0.6 is 0 Å². The lowest BCUT2D eigenvalue weighted by Gasteiger charge is -2.18. The van der Waals surface area contributed by atoms with Gasteiger partial charge in [0.1, 0.15) is 17.3 Å². The molecule has 1 aromatic heterocycles. The number of carbonyl (C=O) groups is 1. The van der Waals surface area contributed by atoms with Crippen molar-refractivity contribution in [1.29, 1.82) is 0 Å². The minimum atomic E-state index is 0.0574. The van der Waals surface area contributed by atoms with E-state index >= 15 is 0 Å². The standard InChI is InChI=1S/C29H31N3O3/c1-2-34-25-16-14-23(15-17-25)32-21-22(20-28(32)33)29-30-26-12-6-7-13-27(26)31(29)18-8-9-19-35-24-10-4-3-5-11-24/h3-7,10-17,22H,2,8-9,18-21H2,1H3/t22-/m1/s1. The van der Waals surface area contributed by atoms with Gasteiger partial charge in [-0.05, 0) is 68.3 Å². The van der Waals surface area contributed by atoms with Gasteiger partial charge in [-0.25, -0.2) is 4.98 Å². The topological polar surface area (TPSA) is 56.6 Å². The maximum atomic E-state index is 13.0. The summed E-state index contributed by atoms with van der Waals surface area (Å²) in [4.78, 5) is 19.8. The molecular formula is C29H31N3O3. The van der Waals surface area contributed by atoms with E-state index in [1.54, 1.807) is 0 Å². The Morgan fingerprint density at radius 3 is 2.43 bits per heavy atom. The predicted molar refractivity (Wildman–Crippen MR) is 138 cm³/mol. The summed E-state index contributed by atoms with van der Waals surface area (Å²) in [5, 5.41) is 0. The molecule has 2 heterocycles. The van der Waals surface area contributed by atoms with E-state index in [0.29, 0.717) is 26.2 Å². The molecule has 0 radical (unpaired) electrons. The van der Waals surface area contributed by atoms with Crippen LogP contribution in [-0.2, 0) is 11.3 Å². The first kappa shape index (κ1) is 23.0. The Kier molecular flexibility index (Phi) is 6.98. The molecule has 1 fully saturated rings. The third-order valence-corrected chi connectivity index (χ3v) is 6.42. The van der Waals surface area contributed by atoms with Crippen LogP contribution in [0.15, 0.2) is 78.9 Å². The number of fused-ring (bicyclic) bond motifs is 1. The molecule has 4 aromatic rings. The lowest BCUT2D eigenvalue weighted by molar-refractivity contribution is -0.117. The number of para-hydroxylation sites is 3. The van der Waals surface area contributed by atoms with Crippen molar-refractivity contribution in [3.8, 4) is 11.5 Å². The van der Waals surface area contributed by atoms with Gasteiger partial charge in [0.05, 0.1) is 24.2 Å².